The van der Waals surface area contributed by atoms with E-state index in [4.69, 9.17) is 4.74 Å². The molecule has 5 heteroatoms. The van der Waals surface area contributed by atoms with Crippen molar-refractivity contribution < 1.29 is 14.3 Å². The highest BCUT2D eigenvalue weighted by Crippen LogP contribution is 2.22. The second-order valence-corrected chi connectivity index (χ2v) is 6.48. The molecule has 0 aliphatic carbocycles. The molecule has 0 spiro atoms. The van der Waals surface area contributed by atoms with E-state index in [2.05, 4.69) is 12.2 Å². The molecule has 0 fully saturated rings. The highest BCUT2D eigenvalue weighted by molar-refractivity contribution is 7.14. The molecule has 1 heterocycles. The van der Waals surface area contributed by atoms with Crippen molar-refractivity contribution in [3.63, 3.8) is 0 Å². The molecule has 1 N–H and O–H groups in total. The lowest BCUT2D eigenvalue weighted by molar-refractivity contribution is -0.143. The van der Waals surface area contributed by atoms with Crippen molar-refractivity contribution in [2.75, 3.05) is 7.11 Å². The summed E-state index contributed by atoms with van der Waals surface area (Å²) in [7, 11) is 1.34. The Kier molecular flexibility index (Phi) is 6.20. The van der Waals surface area contributed by atoms with E-state index in [0.717, 1.165) is 11.3 Å². The van der Waals surface area contributed by atoms with Gasteiger partial charge in [-0.15, -0.1) is 11.3 Å². The van der Waals surface area contributed by atoms with Gasteiger partial charge in [-0.3, -0.25) is 4.79 Å². The van der Waals surface area contributed by atoms with Gasteiger partial charge in [-0.1, -0.05) is 20.8 Å². The normalized spacial score (nSPS) is 12.3. The highest BCUT2D eigenvalue weighted by Gasteiger charge is 2.24. The standard InChI is InChI=1S/C15H23NO3S/c1-6-11-8-13(20-10(11)4)14(17)16-12(7-9(2)3)15(18)19-5/h8-9,12H,6-7H2,1-5H3,(H,16,17)/t12-/m0/s1. The Bertz CT molecular complexity index is 479. The second-order valence-electron chi connectivity index (χ2n) is 5.22. The molecule has 0 saturated carbocycles. The first-order valence-corrected chi connectivity index (χ1v) is 7.68. The van der Waals surface area contributed by atoms with Crippen LogP contribution in [0, 0.1) is 12.8 Å². The van der Waals surface area contributed by atoms with Crippen LogP contribution in [0.3, 0.4) is 0 Å². The van der Waals surface area contributed by atoms with Gasteiger partial charge in [0.25, 0.3) is 5.91 Å². The molecule has 0 aliphatic heterocycles. The molecule has 1 rings (SSSR count). The van der Waals surface area contributed by atoms with E-state index in [1.54, 1.807) is 0 Å². The molecule has 0 radical (unpaired) electrons. The molecule has 1 aromatic rings. The van der Waals surface area contributed by atoms with Crippen molar-refractivity contribution in [1.29, 1.82) is 0 Å². The zero-order chi connectivity index (χ0) is 15.3. The number of carbonyl (C=O) groups is 2. The molecule has 112 valence electrons. The fraction of sp³-hybridized carbons (Fsp3) is 0.600. The zero-order valence-electron chi connectivity index (χ0n) is 12.8. The molecule has 0 saturated heterocycles. The first-order chi connectivity index (χ1) is 9.38. The van der Waals surface area contributed by atoms with Gasteiger partial charge in [0.15, 0.2) is 0 Å². The Labute approximate surface area is 124 Å². The first kappa shape index (κ1) is 16.7. The topological polar surface area (TPSA) is 55.4 Å². The van der Waals surface area contributed by atoms with Crippen LogP contribution in [0.4, 0.5) is 0 Å². The zero-order valence-corrected chi connectivity index (χ0v) is 13.6. The van der Waals surface area contributed by atoms with Crippen LogP contribution >= 0.6 is 11.3 Å². The Morgan fingerprint density at radius 3 is 2.50 bits per heavy atom. The fourth-order valence-corrected chi connectivity index (χ4v) is 3.06. The van der Waals surface area contributed by atoms with E-state index in [1.807, 2.05) is 26.8 Å². The van der Waals surface area contributed by atoms with Crippen LogP contribution in [0.2, 0.25) is 0 Å². The van der Waals surface area contributed by atoms with E-state index in [1.165, 1.54) is 24.0 Å². The van der Waals surface area contributed by atoms with Gasteiger partial charge in [0.2, 0.25) is 0 Å². The number of hydrogen-bond acceptors (Lipinski definition) is 4. The maximum atomic E-state index is 12.2. The SMILES string of the molecule is CCc1cc(C(=O)N[C@@H](CC(C)C)C(=O)OC)sc1C. The van der Waals surface area contributed by atoms with Gasteiger partial charge >= 0.3 is 5.97 Å². The minimum Gasteiger partial charge on any atom is -0.467 e. The Balaban J connectivity index is 2.81. The smallest absolute Gasteiger partial charge is 0.328 e. The average molecular weight is 297 g/mol. The summed E-state index contributed by atoms with van der Waals surface area (Å²) in [6, 6.07) is 1.32. The lowest BCUT2D eigenvalue weighted by Gasteiger charge is -2.17. The van der Waals surface area contributed by atoms with E-state index in [-0.39, 0.29) is 5.91 Å². The third kappa shape index (κ3) is 4.34. The Morgan fingerprint density at radius 1 is 1.40 bits per heavy atom. The van der Waals surface area contributed by atoms with E-state index >= 15 is 0 Å². The average Bonchev–Trinajstić information content (AvgIpc) is 2.77. The molecule has 0 bridgehead atoms. The molecule has 0 aliphatic rings. The van der Waals surface area contributed by atoms with Crippen molar-refractivity contribution >= 4 is 23.2 Å². The van der Waals surface area contributed by atoms with Gasteiger partial charge in [0.1, 0.15) is 6.04 Å². The number of esters is 1. The van der Waals surface area contributed by atoms with E-state index in [0.29, 0.717) is 17.2 Å². The molecule has 4 nitrogen and oxygen atoms in total. The number of amides is 1. The lowest BCUT2D eigenvalue weighted by atomic mass is 10.0. The van der Waals surface area contributed by atoms with Gasteiger partial charge in [-0.25, -0.2) is 4.79 Å². The number of aryl methyl sites for hydroxylation is 2. The lowest BCUT2D eigenvalue weighted by Crippen LogP contribution is -2.42. The molecule has 0 unspecified atom stereocenters. The Morgan fingerprint density at radius 2 is 2.05 bits per heavy atom. The summed E-state index contributed by atoms with van der Waals surface area (Å²) < 4.78 is 4.75. The summed E-state index contributed by atoms with van der Waals surface area (Å²) in [6.45, 7) is 8.08. The number of methoxy groups -OCH3 is 1. The summed E-state index contributed by atoms with van der Waals surface area (Å²) in [5, 5.41) is 2.78. The van der Waals surface area contributed by atoms with Crippen molar-refractivity contribution in [3.8, 4) is 0 Å². The summed E-state index contributed by atoms with van der Waals surface area (Å²) in [5.74, 6) is -0.291. The monoisotopic (exact) mass is 297 g/mol. The van der Waals surface area contributed by atoms with Crippen LogP contribution in [-0.4, -0.2) is 25.0 Å². The van der Waals surface area contributed by atoms with Crippen LogP contribution in [0.1, 0.15) is 47.3 Å². The molecule has 1 amide bonds. The van der Waals surface area contributed by atoms with Crippen LogP contribution in [0.5, 0.6) is 0 Å². The highest BCUT2D eigenvalue weighted by atomic mass is 32.1. The van der Waals surface area contributed by atoms with Gasteiger partial charge in [-0.05, 0) is 37.3 Å². The summed E-state index contributed by atoms with van der Waals surface area (Å²) >= 11 is 1.46. The number of hydrogen-bond donors (Lipinski definition) is 1. The minimum atomic E-state index is -0.583. The number of ether oxygens (including phenoxy) is 1. The third-order valence-corrected chi connectivity index (χ3v) is 4.21. The maximum absolute atomic E-state index is 12.2. The predicted octanol–water partition coefficient (Wildman–Crippen LogP) is 2.94. The van der Waals surface area contributed by atoms with Crippen LogP contribution in [0.25, 0.3) is 0 Å². The summed E-state index contributed by atoms with van der Waals surface area (Å²) in [6.07, 6.45) is 1.48. The third-order valence-electron chi connectivity index (χ3n) is 3.12. The van der Waals surface area contributed by atoms with Gasteiger partial charge in [0.05, 0.1) is 12.0 Å². The predicted molar refractivity (Wildman–Crippen MR) is 81.2 cm³/mol. The summed E-state index contributed by atoms with van der Waals surface area (Å²) in [5.41, 5.74) is 1.18. The van der Waals surface area contributed by atoms with Crippen molar-refractivity contribution in [2.45, 2.75) is 46.6 Å². The van der Waals surface area contributed by atoms with Crippen molar-refractivity contribution in [2.24, 2.45) is 5.92 Å². The minimum absolute atomic E-state index is 0.200. The summed E-state index contributed by atoms with van der Waals surface area (Å²) in [4.78, 5) is 25.7. The molecular formula is C15H23NO3S. The number of thiophene rings is 1. The maximum Gasteiger partial charge on any atom is 0.328 e. The molecular weight excluding hydrogens is 274 g/mol. The van der Waals surface area contributed by atoms with Gasteiger partial charge < -0.3 is 10.1 Å². The van der Waals surface area contributed by atoms with Crippen molar-refractivity contribution in [3.05, 3.63) is 21.4 Å². The molecule has 1 aromatic heterocycles. The van der Waals surface area contributed by atoms with Crippen LogP contribution in [-0.2, 0) is 16.0 Å². The van der Waals surface area contributed by atoms with E-state index < -0.39 is 12.0 Å². The fourth-order valence-electron chi connectivity index (χ4n) is 2.04. The molecule has 1 atom stereocenters. The van der Waals surface area contributed by atoms with Gasteiger partial charge in [-0.2, -0.15) is 0 Å². The first-order valence-electron chi connectivity index (χ1n) is 6.87. The van der Waals surface area contributed by atoms with Gasteiger partial charge in [0, 0.05) is 4.88 Å². The van der Waals surface area contributed by atoms with Crippen molar-refractivity contribution in [1.82, 2.24) is 5.32 Å². The quantitative estimate of drug-likeness (QED) is 0.821. The Hall–Kier alpha value is -1.36. The molecule has 20 heavy (non-hydrogen) atoms. The largest absolute Gasteiger partial charge is 0.467 e. The number of rotatable bonds is 6. The van der Waals surface area contributed by atoms with E-state index in [9.17, 15) is 9.59 Å². The molecule has 0 aromatic carbocycles. The number of nitrogens with one attached hydrogen (secondary N) is 1. The second kappa shape index (κ2) is 7.43. The number of carbonyl (C=O) groups excluding carboxylic acids is 2. The van der Waals surface area contributed by atoms with Crippen LogP contribution < -0.4 is 5.32 Å². The van der Waals surface area contributed by atoms with Crippen LogP contribution in [0.15, 0.2) is 6.07 Å².